The van der Waals surface area contributed by atoms with Crippen molar-refractivity contribution in [2.24, 2.45) is 0 Å². The molecule has 4 rings (SSSR count). The number of anilines is 1. The third-order valence-corrected chi connectivity index (χ3v) is 6.62. The molecule has 0 saturated carbocycles. The highest BCUT2D eigenvalue weighted by Crippen LogP contribution is 2.32. The second-order valence-electron chi connectivity index (χ2n) is 9.64. The minimum absolute atomic E-state index is 0.0754. The van der Waals surface area contributed by atoms with E-state index in [9.17, 15) is 36.3 Å². The van der Waals surface area contributed by atoms with Gasteiger partial charge in [0.1, 0.15) is 17.6 Å². The molecule has 4 amide bonds. The molecule has 0 aliphatic carbocycles. The third kappa shape index (κ3) is 7.43. The molecule has 3 aromatic rings. The summed E-state index contributed by atoms with van der Waals surface area (Å²) in [6.07, 6.45) is -2.10. The second kappa shape index (κ2) is 12.7. The zero-order chi connectivity index (χ0) is 31.4. The predicted molar refractivity (Wildman–Crippen MR) is 142 cm³/mol. The minimum Gasteiger partial charge on any atom is -0.382 e. The lowest BCUT2D eigenvalue weighted by atomic mass is 10.0. The number of nitrogens with zero attached hydrogens (tertiary/aromatic N) is 4. The summed E-state index contributed by atoms with van der Waals surface area (Å²) in [6.45, 7) is 0.173. The van der Waals surface area contributed by atoms with Gasteiger partial charge in [-0.25, -0.2) is 18.6 Å². The smallest absolute Gasteiger partial charge is 0.382 e. The van der Waals surface area contributed by atoms with E-state index in [1.54, 1.807) is 6.92 Å². The van der Waals surface area contributed by atoms with E-state index in [2.05, 4.69) is 26.0 Å². The van der Waals surface area contributed by atoms with Crippen molar-refractivity contribution in [3.05, 3.63) is 77.2 Å². The van der Waals surface area contributed by atoms with Gasteiger partial charge >= 0.3 is 12.2 Å². The Labute approximate surface area is 242 Å². The Hall–Kier alpha value is -4.60. The van der Waals surface area contributed by atoms with Gasteiger partial charge in [-0.3, -0.25) is 14.3 Å². The van der Waals surface area contributed by atoms with Gasteiger partial charge in [0.25, 0.3) is 17.7 Å². The Balaban J connectivity index is 1.64. The van der Waals surface area contributed by atoms with Gasteiger partial charge in [0.15, 0.2) is 0 Å². The van der Waals surface area contributed by atoms with E-state index in [0.29, 0.717) is 6.54 Å². The highest BCUT2D eigenvalue weighted by Gasteiger charge is 2.42. The van der Waals surface area contributed by atoms with Gasteiger partial charge in [0, 0.05) is 26.0 Å². The Kier molecular flexibility index (Phi) is 9.27. The fourth-order valence-corrected chi connectivity index (χ4v) is 4.56. The molecule has 0 bridgehead atoms. The molecular weight excluding hydrogens is 581 g/mol. The van der Waals surface area contributed by atoms with Crippen molar-refractivity contribution >= 4 is 23.7 Å². The lowest BCUT2D eigenvalue weighted by molar-refractivity contribution is -0.137. The van der Waals surface area contributed by atoms with Crippen LogP contribution in [0.1, 0.15) is 46.2 Å². The number of benzene rings is 1. The van der Waals surface area contributed by atoms with Gasteiger partial charge in [0.2, 0.25) is 0 Å². The normalized spacial score (nSPS) is 16.3. The molecule has 16 heteroatoms. The summed E-state index contributed by atoms with van der Waals surface area (Å²) in [7, 11) is 1.32. The van der Waals surface area contributed by atoms with Crippen LogP contribution in [-0.2, 0) is 22.3 Å². The van der Waals surface area contributed by atoms with Gasteiger partial charge in [-0.1, -0.05) is 12.1 Å². The molecule has 2 aromatic heterocycles. The summed E-state index contributed by atoms with van der Waals surface area (Å²) in [6, 6.07) is 4.73. The lowest BCUT2D eigenvalue weighted by Gasteiger charge is -2.38. The Morgan fingerprint density at radius 3 is 2.60 bits per heavy atom. The molecular formula is C27H28F5N7O4. The number of halogens is 5. The number of carbonyl (C=O) groups excluding carboxylic acids is 3. The zero-order valence-electron chi connectivity index (χ0n) is 23.0. The average molecular weight is 610 g/mol. The standard InChI is InChI=1S/C27H28F5N7O4/c1-3-39-19(8-10-35-39)23(40)37-22(17-5-4-6-18(11-17)27(30,31)32)24(41)36-21-12-16(7-9-33-21)20(13-43-2)38-15-26(28,29)14-34-25(38)42/h4-12,20,22H,3,13-15H2,1-2H3,(H,34,42)(H,37,40)(H,33,36,41)/t20-,22+/m1/s1. The first kappa shape index (κ1) is 31.3. The lowest BCUT2D eigenvalue weighted by Crippen LogP contribution is -2.58. The van der Waals surface area contributed by atoms with Gasteiger partial charge in [-0.2, -0.15) is 18.3 Å². The summed E-state index contributed by atoms with van der Waals surface area (Å²) >= 11 is 0. The monoisotopic (exact) mass is 609 g/mol. The van der Waals surface area contributed by atoms with Crippen molar-refractivity contribution in [3.63, 3.8) is 0 Å². The maximum absolute atomic E-state index is 14.1. The van der Waals surface area contributed by atoms with E-state index < -0.39 is 60.7 Å². The SMILES string of the molecule is CCn1nccc1C(=O)N[C@H](C(=O)Nc1cc([C@@H](COC)N2CC(F)(F)CNC2=O)ccn1)c1cccc(C(F)(F)F)c1. The van der Waals surface area contributed by atoms with Crippen LogP contribution in [0.5, 0.6) is 0 Å². The van der Waals surface area contributed by atoms with Crippen molar-refractivity contribution in [2.45, 2.75) is 37.7 Å². The number of rotatable bonds is 10. The maximum Gasteiger partial charge on any atom is 0.416 e. The van der Waals surface area contributed by atoms with Crippen LogP contribution in [0.3, 0.4) is 0 Å². The largest absolute Gasteiger partial charge is 0.416 e. The van der Waals surface area contributed by atoms with E-state index in [4.69, 9.17) is 4.74 Å². The molecule has 0 radical (unpaired) electrons. The first-order valence-corrected chi connectivity index (χ1v) is 13.0. The number of ether oxygens (including phenoxy) is 1. The summed E-state index contributed by atoms with van der Waals surface area (Å²) in [5, 5.41) is 11.1. The molecule has 1 aromatic carbocycles. The number of hydrogen-bond donors (Lipinski definition) is 3. The Bertz CT molecular complexity index is 1480. The van der Waals surface area contributed by atoms with Gasteiger partial charge in [-0.05, 0) is 48.4 Å². The van der Waals surface area contributed by atoms with Crippen molar-refractivity contribution in [3.8, 4) is 0 Å². The topological polar surface area (TPSA) is 130 Å². The summed E-state index contributed by atoms with van der Waals surface area (Å²) in [5.41, 5.74) is -0.837. The predicted octanol–water partition coefficient (Wildman–Crippen LogP) is 3.77. The number of methoxy groups -OCH3 is 1. The molecule has 43 heavy (non-hydrogen) atoms. The number of carbonyl (C=O) groups is 3. The molecule has 0 spiro atoms. The van der Waals surface area contributed by atoms with Crippen LogP contribution in [0, 0.1) is 0 Å². The van der Waals surface area contributed by atoms with E-state index >= 15 is 0 Å². The van der Waals surface area contributed by atoms with Crippen LogP contribution >= 0.6 is 0 Å². The van der Waals surface area contributed by atoms with Crippen LogP contribution < -0.4 is 16.0 Å². The summed E-state index contributed by atoms with van der Waals surface area (Å²) in [5.74, 6) is -5.02. The van der Waals surface area contributed by atoms with Crippen molar-refractivity contribution < 1.29 is 41.1 Å². The molecule has 3 heterocycles. The first-order chi connectivity index (χ1) is 20.3. The van der Waals surface area contributed by atoms with E-state index in [1.165, 1.54) is 48.5 Å². The van der Waals surface area contributed by atoms with E-state index in [-0.39, 0.29) is 29.2 Å². The summed E-state index contributed by atoms with van der Waals surface area (Å²) < 4.78 is 75.2. The number of nitrogens with one attached hydrogen (secondary N) is 3. The number of aromatic nitrogens is 3. The second-order valence-corrected chi connectivity index (χ2v) is 9.64. The molecule has 230 valence electrons. The van der Waals surface area contributed by atoms with Crippen LogP contribution in [0.4, 0.5) is 32.6 Å². The molecule has 1 saturated heterocycles. The van der Waals surface area contributed by atoms with Crippen LogP contribution in [0.25, 0.3) is 0 Å². The van der Waals surface area contributed by atoms with Crippen molar-refractivity contribution in [2.75, 3.05) is 32.1 Å². The molecule has 2 atom stereocenters. The first-order valence-electron chi connectivity index (χ1n) is 13.0. The van der Waals surface area contributed by atoms with Crippen molar-refractivity contribution in [1.29, 1.82) is 0 Å². The highest BCUT2D eigenvalue weighted by atomic mass is 19.4. The molecule has 11 nitrogen and oxygen atoms in total. The highest BCUT2D eigenvalue weighted by molar-refractivity contribution is 6.00. The summed E-state index contributed by atoms with van der Waals surface area (Å²) in [4.78, 5) is 44.0. The maximum atomic E-state index is 14.1. The molecule has 1 aliphatic rings. The van der Waals surface area contributed by atoms with Gasteiger partial charge in [-0.15, -0.1) is 0 Å². The fraction of sp³-hybridized carbons (Fsp3) is 0.370. The number of pyridine rings is 1. The Morgan fingerprint density at radius 1 is 1.14 bits per heavy atom. The number of aryl methyl sites for hydroxylation is 1. The minimum atomic E-state index is -4.72. The molecule has 0 unspecified atom stereocenters. The van der Waals surface area contributed by atoms with E-state index in [0.717, 1.165) is 23.1 Å². The van der Waals surface area contributed by atoms with Crippen LogP contribution in [0.2, 0.25) is 0 Å². The molecule has 1 aliphatic heterocycles. The number of alkyl halides is 5. The fourth-order valence-electron chi connectivity index (χ4n) is 4.56. The van der Waals surface area contributed by atoms with Gasteiger partial charge < -0.3 is 25.6 Å². The van der Waals surface area contributed by atoms with E-state index in [1.807, 2.05) is 0 Å². The molecule has 3 N–H and O–H groups in total. The quantitative estimate of drug-likeness (QED) is 0.300. The zero-order valence-corrected chi connectivity index (χ0v) is 23.0. The van der Waals surface area contributed by atoms with Crippen LogP contribution in [0.15, 0.2) is 54.9 Å². The number of hydrogen-bond acceptors (Lipinski definition) is 6. The van der Waals surface area contributed by atoms with Gasteiger partial charge in [0.05, 0.1) is 31.3 Å². The number of amides is 4. The van der Waals surface area contributed by atoms with Crippen LogP contribution in [-0.4, -0.2) is 70.2 Å². The molecule has 1 fully saturated rings. The number of urea groups is 1. The van der Waals surface area contributed by atoms with Crippen molar-refractivity contribution in [1.82, 2.24) is 30.3 Å². The average Bonchev–Trinajstić information content (AvgIpc) is 3.45. The Morgan fingerprint density at radius 2 is 1.91 bits per heavy atom. The third-order valence-electron chi connectivity index (χ3n) is 6.62.